The summed E-state index contributed by atoms with van der Waals surface area (Å²) in [6, 6.07) is 7.76. The molecule has 0 saturated carbocycles. The van der Waals surface area contributed by atoms with Gasteiger partial charge in [0.25, 0.3) is 0 Å². The number of imidazole rings is 1. The average Bonchev–Trinajstić information content (AvgIpc) is 2.83. The van der Waals surface area contributed by atoms with Gasteiger partial charge >= 0.3 is 0 Å². The second-order valence-corrected chi connectivity index (χ2v) is 3.82. The number of benzene rings is 1. The zero-order valence-electron chi connectivity index (χ0n) is 9.89. The molecular weight excluding hydrogens is 214 g/mol. The predicted octanol–water partition coefficient (Wildman–Crippen LogP) is 2.05. The van der Waals surface area contributed by atoms with E-state index in [2.05, 4.69) is 9.97 Å². The van der Waals surface area contributed by atoms with Crippen LogP contribution in [-0.4, -0.2) is 16.6 Å². The van der Waals surface area contributed by atoms with Gasteiger partial charge in [0.2, 0.25) is 0 Å². The monoisotopic (exact) mass is 231 g/mol. The van der Waals surface area contributed by atoms with E-state index in [-0.39, 0.29) is 6.04 Å². The lowest BCUT2D eigenvalue weighted by molar-refractivity contribution is 0.334. The van der Waals surface area contributed by atoms with Crippen LogP contribution in [0.4, 0.5) is 0 Å². The van der Waals surface area contributed by atoms with Crippen LogP contribution in [0.3, 0.4) is 0 Å². The summed E-state index contributed by atoms with van der Waals surface area (Å²) in [4.78, 5) is 7.24. The van der Waals surface area contributed by atoms with Gasteiger partial charge in [-0.15, -0.1) is 0 Å². The quantitative estimate of drug-likeness (QED) is 0.827. The van der Waals surface area contributed by atoms with Crippen molar-refractivity contribution in [2.75, 3.05) is 6.61 Å². The third-order valence-electron chi connectivity index (χ3n) is 2.59. The Balaban J connectivity index is 2.15. The van der Waals surface area contributed by atoms with Gasteiger partial charge in [-0.25, -0.2) is 4.98 Å². The van der Waals surface area contributed by atoms with Crippen LogP contribution < -0.4 is 10.5 Å². The van der Waals surface area contributed by atoms with Gasteiger partial charge in [0.05, 0.1) is 6.61 Å². The lowest BCUT2D eigenvalue weighted by Gasteiger charge is -2.15. The molecule has 17 heavy (non-hydrogen) atoms. The highest BCUT2D eigenvalue weighted by molar-refractivity contribution is 5.36. The fourth-order valence-corrected chi connectivity index (χ4v) is 1.80. The van der Waals surface area contributed by atoms with E-state index in [1.165, 1.54) is 0 Å². The fraction of sp³-hybridized carbons (Fsp3) is 0.308. The van der Waals surface area contributed by atoms with Gasteiger partial charge in [0.15, 0.2) is 0 Å². The maximum Gasteiger partial charge on any atom is 0.124 e. The molecule has 1 heterocycles. The smallest absolute Gasteiger partial charge is 0.124 e. The minimum absolute atomic E-state index is 0.108. The van der Waals surface area contributed by atoms with Crippen molar-refractivity contribution in [2.24, 2.45) is 5.73 Å². The molecule has 1 unspecified atom stereocenters. The number of hydrogen-bond donors (Lipinski definition) is 2. The number of nitrogens with two attached hydrogens (primary N) is 1. The Labute approximate surface area is 101 Å². The SMILES string of the molecule is CCOc1ccccc1C(N)Cc1ncc[nH]1. The lowest BCUT2D eigenvalue weighted by Crippen LogP contribution is -2.15. The van der Waals surface area contributed by atoms with Crippen molar-refractivity contribution < 1.29 is 4.74 Å². The van der Waals surface area contributed by atoms with Crippen LogP contribution in [0.25, 0.3) is 0 Å². The summed E-state index contributed by atoms with van der Waals surface area (Å²) in [5, 5.41) is 0. The van der Waals surface area contributed by atoms with E-state index in [1.54, 1.807) is 12.4 Å². The van der Waals surface area contributed by atoms with E-state index < -0.39 is 0 Å². The first-order chi connectivity index (χ1) is 8.31. The third-order valence-corrected chi connectivity index (χ3v) is 2.59. The van der Waals surface area contributed by atoms with Crippen LogP contribution in [-0.2, 0) is 6.42 Å². The third kappa shape index (κ3) is 2.85. The maximum atomic E-state index is 6.18. The van der Waals surface area contributed by atoms with Crippen LogP contribution in [0, 0.1) is 0 Å². The van der Waals surface area contributed by atoms with E-state index in [1.807, 2.05) is 31.2 Å². The summed E-state index contributed by atoms with van der Waals surface area (Å²) in [7, 11) is 0. The maximum absolute atomic E-state index is 6.18. The van der Waals surface area contributed by atoms with Gasteiger partial charge in [0.1, 0.15) is 11.6 Å². The second-order valence-electron chi connectivity index (χ2n) is 3.82. The first-order valence-electron chi connectivity index (χ1n) is 5.76. The molecule has 1 atom stereocenters. The van der Waals surface area contributed by atoms with E-state index in [0.29, 0.717) is 13.0 Å². The summed E-state index contributed by atoms with van der Waals surface area (Å²) in [6.07, 6.45) is 4.21. The molecule has 0 aliphatic heterocycles. The summed E-state index contributed by atoms with van der Waals surface area (Å²) < 4.78 is 5.57. The molecule has 0 spiro atoms. The van der Waals surface area contributed by atoms with E-state index in [9.17, 15) is 0 Å². The summed E-state index contributed by atoms with van der Waals surface area (Å²) in [5.74, 6) is 1.75. The zero-order valence-corrected chi connectivity index (χ0v) is 9.89. The van der Waals surface area contributed by atoms with Crippen molar-refractivity contribution >= 4 is 0 Å². The summed E-state index contributed by atoms with van der Waals surface area (Å²) >= 11 is 0. The standard InChI is InChI=1S/C13H17N3O/c1-2-17-12-6-4-3-5-10(12)11(14)9-13-15-7-8-16-13/h3-8,11H,2,9,14H2,1H3,(H,15,16). The second kappa shape index (κ2) is 5.50. The number of ether oxygens (including phenoxy) is 1. The van der Waals surface area contributed by atoms with E-state index >= 15 is 0 Å². The minimum Gasteiger partial charge on any atom is -0.494 e. The highest BCUT2D eigenvalue weighted by Gasteiger charge is 2.13. The summed E-state index contributed by atoms with van der Waals surface area (Å²) in [6.45, 7) is 2.61. The molecule has 4 heteroatoms. The first-order valence-corrected chi connectivity index (χ1v) is 5.76. The zero-order chi connectivity index (χ0) is 12.1. The van der Waals surface area contributed by atoms with Crippen LogP contribution >= 0.6 is 0 Å². The van der Waals surface area contributed by atoms with Gasteiger partial charge in [-0.2, -0.15) is 0 Å². The number of hydrogen-bond acceptors (Lipinski definition) is 3. The molecule has 2 rings (SSSR count). The first kappa shape index (κ1) is 11.7. The van der Waals surface area contributed by atoms with Gasteiger partial charge in [-0.1, -0.05) is 18.2 Å². The van der Waals surface area contributed by atoms with Crippen LogP contribution in [0.15, 0.2) is 36.7 Å². The minimum atomic E-state index is -0.108. The number of H-pyrrole nitrogens is 1. The largest absolute Gasteiger partial charge is 0.494 e. The number of para-hydroxylation sites is 1. The molecule has 0 fully saturated rings. The Morgan fingerprint density at radius 1 is 1.41 bits per heavy atom. The van der Waals surface area contributed by atoms with Crippen molar-refractivity contribution in [3.05, 3.63) is 48.0 Å². The number of nitrogens with zero attached hydrogens (tertiary/aromatic N) is 1. The van der Waals surface area contributed by atoms with Crippen LogP contribution in [0.1, 0.15) is 24.4 Å². The topological polar surface area (TPSA) is 63.9 Å². The Morgan fingerprint density at radius 2 is 2.24 bits per heavy atom. The van der Waals surface area contributed by atoms with Gasteiger partial charge in [-0.3, -0.25) is 0 Å². The normalized spacial score (nSPS) is 12.4. The highest BCUT2D eigenvalue weighted by atomic mass is 16.5. The Kier molecular flexibility index (Phi) is 3.77. The Morgan fingerprint density at radius 3 is 2.94 bits per heavy atom. The molecule has 4 nitrogen and oxygen atoms in total. The van der Waals surface area contributed by atoms with E-state index in [4.69, 9.17) is 10.5 Å². The van der Waals surface area contributed by atoms with Crippen molar-refractivity contribution in [1.82, 2.24) is 9.97 Å². The molecule has 1 aromatic heterocycles. The molecule has 0 amide bonds. The average molecular weight is 231 g/mol. The van der Waals surface area contributed by atoms with Gasteiger partial charge in [-0.05, 0) is 13.0 Å². The fourth-order valence-electron chi connectivity index (χ4n) is 1.80. The van der Waals surface area contributed by atoms with Gasteiger partial charge in [0, 0.05) is 30.4 Å². The molecule has 90 valence electrons. The molecule has 0 saturated heterocycles. The molecule has 0 aliphatic rings. The molecule has 1 aromatic carbocycles. The predicted molar refractivity (Wildman–Crippen MR) is 66.8 cm³/mol. The number of aromatic nitrogens is 2. The van der Waals surface area contributed by atoms with Crippen LogP contribution in [0.2, 0.25) is 0 Å². The highest BCUT2D eigenvalue weighted by Crippen LogP contribution is 2.25. The van der Waals surface area contributed by atoms with E-state index in [0.717, 1.165) is 17.1 Å². The van der Waals surface area contributed by atoms with Crippen molar-refractivity contribution in [3.63, 3.8) is 0 Å². The molecular formula is C13H17N3O. The van der Waals surface area contributed by atoms with Crippen molar-refractivity contribution in [3.8, 4) is 5.75 Å². The molecule has 0 radical (unpaired) electrons. The molecule has 2 aromatic rings. The number of nitrogens with one attached hydrogen (secondary N) is 1. The van der Waals surface area contributed by atoms with Crippen LogP contribution in [0.5, 0.6) is 5.75 Å². The number of rotatable bonds is 5. The lowest BCUT2D eigenvalue weighted by atomic mass is 10.0. The summed E-state index contributed by atoms with van der Waals surface area (Å²) in [5.41, 5.74) is 7.20. The molecule has 0 bridgehead atoms. The number of aromatic amines is 1. The molecule has 3 N–H and O–H groups in total. The Bertz CT molecular complexity index is 453. The van der Waals surface area contributed by atoms with Crippen molar-refractivity contribution in [2.45, 2.75) is 19.4 Å². The van der Waals surface area contributed by atoms with Gasteiger partial charge < -0.3 is 15.5 Å². The Hall–Kier alpha value is -1.81. The molecule has 0 aliphatic carbocycles. The van der Waals surface area contributed by atoms with Crippen molar-refractivity contribution in [1.29, 1.82) is 0 Å².